The van der Waals surface area contributed by atoms with E-state index in [9.17, 15) is 12.8 Å². The van der Waals surface area contributed by atoms with Gasteiger partial charge in [-0.15, -0.1) is 0 Å². The Kier molecular flexibility index (Phi) is 4.24. The number of benzene rings is 2. The van der Waals surface area contributed by atoms with Crippen molar-refractivity contribution in [1.82, 2.24) is 0 Å². The molecule has 1 N–H and O–H groups in total. The van der Waals surface area contributed by atoms with Crippen LogP contribution >= 0.6 is 0 Å². The van der Waals surface area contributed by atoms with Crippen LogP contribution in [0.15, 0.2) is 47.4 Å². The predicted molar refractivity (Wildman–Crippen MR) is 77.7 cm³/mol. The highest BCUT2D eigenvalue weighted by Crippen LogP contribution is 2.21. The highest BCUT2D eigenvalue weighted by atomic mass is 32.2. The number of halogens is 1. The van der Waals surface area contributed by atoms with Gasteiger partial charge in [-0.2, -0.15) is 5.26 Å². The second-order valence-corrected chi connectivity index (χ2v) is 6.03. The lowest BCUT2D eigenvalue weighted by Crippen LogP contribution is -2.15. The van der Waals surface area contributed by atoms with Crippen molar-refractivity contribution in [2.24, 2.45) is 0 Å². The number of nitriles is 1. The fourth-order valence-electron chi connectivity index (χ4n) is 1.86. The molecule has 2 aromatic rings. The molecular formula is C15H13FN2O2S. The molecule has 4 nitrogen and oxygen atoms in total. The minimum Gasteiger partial charge on any atom is -0.280 e. The number of rotatable bonds is 4. The first-order valence-corrected chi connectivity index (χ1v) is 7.76. The number of aryl methyl sites for hydroxylation is 1. The Morgan fingerprint density at radius 3 is 2.43 bits per heavy atom. The molecule has 0 aliphatic heterocycles. The number of sulfonamides is 1. The summed E-state index contributed by atoms with van der Waals surface area (Å²) in [6, 6.07) is 11.9. The topological polar surface area (TPSA) is 70.0 Å². The summed E-state index contributed by atoms with van der Waals surface area (Å²) in [6.07, 6.45) is 0.843. The molecule has 0 amide bonds. The van der Waals surface area contributed by atoms with Gasteiger partial charge < -0.3 is 0 Å². The molecule has 0 fully saturated rings. The molecule has 0 bridgehead atoms. The van der Waals surface area contributed by atoms with Crippen molar-refractivity contribution < 1.29 is 12.8 Å². The van der Waals surface area contributed by atoms with E-state index in [2.05, 4.69) is 4.72 Å². The molecule has 0 saturated carbocycles. The fourth-order valence-corrected chi connectivity index (χ4v) is 3.08. The van der Waals surface area contributed by atoms with E-state index >= 15 is 0 Å². The van der Waals surface area contributed by atoms with Crippen LogP contribution in [0, 0.1) is 17.1 Å². The van der Waals surface area contributed by atoms with Crippen LogP contribution in [0.2, 0.25) is 0 Å². The smallest absolute Gasteiger partial charge is 0.263 e. The Labute approximate surface area is 122 Å². The number of hydrogen-bond acceptors (Lipinski definition) is 3. The first kappa shape index (κ1) is 15.0. The minimum absolute atomic E-state index is 0.361. The average Bonchev–Trinajstić information content (AvgIpc) is 2.47. The molecule has 108 valence electrons. The second-order valence-electron chi connectivity index (χ2n) is 4.38. The van der Waals surface area contributed by atoms with E-state index in [1.807, 2.05) is 6.92 Å². The average molecular weight is 304 g/mol. The maximum Gasteiger partial charge on any atom is 0.263 e. The van der Waals surface area contributed by atoms with Gasteiger partial charge in [-0.05, 0) is 36.2 Å². The van der Waals surface area contributed by atoms with Gasteiger partial charge in [0.05, 0.1) is 0 Å². The third kappa shape index (κ3) is 3.20. The molecule has 0 atom stereocenters. The predicted octanol–water partition coefficient (Wildman–Crippen LogP) is 3.06. The summed E-state index contributed by atoms with van der Waals surface area (Å²) in [5.74, 6) is -0.860. The van der Waals surface area contributed by atoms with Crippen LogP contribution < -0.4 is 4.72 Å². The maximum atomic E-state index is 13.5. The van der Waals surface area contributed by atoms with E-state index in [0.717, 1.165) is 18.1 Å². The summed E-state index contributed by atoms with van der Waals surface area (Å²) in [4.78, 5) is -0.371. The molecule has 0 aliphatic carbocycles. The van der Waals surface area contributed by atoms with Gasteiger partial charge in [0.25, 0.3) is 10.0 Å². The molecule has 6 heteroatoms. The summed E-state index contributed by atoms with van der Waals surface area (Å²) in [5, 5.41) is 8.91. The standard InChI is InChI=1S/C15H13FN2O2S/c1-2-11-6-8-12(9-7-11)18-21(19,20)15-5-3-4-14(16)13(15)10-17/h3-9,18H,2H2,1H3. The lowest BCUT2D eigenvalue weighted by molar-refractivity contribution is 0.593. The molecule has 0 aromatic heterocycles. The Morgan fingerprint density at radius 2 is 1.86 bits per heavy atom. The van der Waals surface area contributed by atoms with E-state index in [0.29, 0.717) is 5.69 Å². The zero-order valence-corrected chi connectivity index (χ0v) is 12.1. The normalized spacial score (nSPS) is 10.9. The van der Waals surface area contributed by atoms with Gasteiger partial charge in [0, 0.05) is 5.69 Å². The number of nitrogens with one attached hydrogen (secondary N) is 1. The van der Waals surface area contributed by atoms with Crippen molar-refractivity contribution >= 4 is 15.7 Å². The first-order chi connectivity index (χ1) is 9.97. The van der Waals surface area contributed by atoms with Crippen LogP contribution in [0.25, 0.3) is 0 Å². The lowest BCUT2D eigenvalue weighted by atomic mass is 10.2. The monoisotopic (exact) mass is 304 g/mol. The quantitative estimate of drug-likeness (QED) is 0.943. The number of nitrogens with zero attached hydrogens (tertiary/aromatic N) is 1. The largest absolute Gasteiger partial charge is 0.280 e. The summed E-state index contributed by atoms with van der Waals surface area (Å²) >= 11 is 0. The Balaban J connectivity index is 2.39. The Morgan fingerprint density at radius 1 is 1.19 bits per heavy atom. The van der Waals surface area contributed by atoms with Crippen molar-refractivity contribution in [3.8, 4) is 6.07 Å². The highest BCUT2D eigenvalue weighted by molar-refractivity contribution is 7.92. The summed E-state index contributed by atoms with van der Waals surface area (Å²) in [6.45, 7) is 1.99. The molecule has 2 aromatic carbocycles. The third-order valence-electron chi connectivity index (χ3n) is 2.99. The van der Waals surface area contributed by atoms with Crippen LogP contribution in [0.5, 0.6) is 0 Å². The molecule has 0 heterocycles. The Bertz CT molecular complexity index is 793. The zero-order chi connectivity index (χ0) is 15.5. The van der Waals surface area contributed by atoms with Crippen LogP contribution in [0.1, 0.15) is 18.1 Å². The van der Waals surface area contributed by atoms with E-state index in [1.54, 1.807) is 30.3 Å². The molecule has 0 aliphatic rings. The van der Waals surface area contributed by atoms with Gasteiger partial charge in [-0.25, -0.2) is 12.8 Å². The molecule has 2 rings (SSSR count). The highest BCUT2D eigenvalue weighted by Gasteiger charge is 2.21. The van der Waals surface area contributed by atoms with Gasteiger partial charge in [0.15, 0.2) is 0 Å². The zero-order valence-electron chi connectivity index (χ0n) is 11.3. The van der Waals surface area contributed by atoms with Gasteiger partial charge in [-0.1, -0.05) is 25.1 Å². The SMILES string of the molecule is CCc1ccc(NS(=O)(=O)c2cccc(F)c2C#N)cc1. The van der Waals surface area contributed by atoms with Gasteiger partial charge >= 0.3 is 0 Å². The van der Waals surface area contributed by atoms with Crippen LogP contribution in [0.4, 0.5) is 10.1 Å². The summed E-state index contributed by atoms with van der Waals surface area (Å²) < 4.78 is 40.4. The third-order valence-corrected chi connectivity index (χ3v) is 4.41. The summed E-state index contributed by atoms with van der Waals surface area (Å²) in [7, 11) is -4.01. The molecule has 0 radical (unpaired) electrons. The van der Waals surface area contributed by atoms with Crippen LogP contribution in [0.3, 0.4) is 0 Å². The summed E-state index contributed by atoms with van der Waals surface area (Å²) in [5.41, 5.74) is 0.942. The van der Waals surface area contributed by atoms with E-state index in [4.69, 9.17) is 5.26 Å². The molecule has 21 heavy (non-hydrogen) atoms. The van der Waals surface area contributed by atoms with Crippen molar-refractivity contribution in [1.29, 1.82) is 5.26 Å². The number of anilines is 1. The van der Waals surface area contributed by atoms with Gasteiger partial charge in [0.1, 0.15) is 22.3 Å². The Hall–Kier alpha value is -2.39. The lowest BCUT2D eigenvalue weighted by Gasteiger charge is -2.10. The molecular weight excluding hydrogens is 291 g/mol. The van der Waals surface area contributed by atoms with Crippen molar-refractivity contribution in [3.63, 3.8) is 0 Å². The van der Waals surface area contributed by atoms with Crippen LogP contribution in [-0.4, -0.2) is 8.42 Å². The van der Waals surface area contributed by atoms with Gasteiger partial charge in [0.2, 0.25) is 0 Å². The second kappa shape index (κ2) is 5.94. The molecule has 0 unspecified atom stereocenters. The first-order valence-electron chi connectivity index (χ1n) is 6.28. The molecule has 0 spiro atoms. The van der Waals surface area contributed by atoms with Gasteiger partial charge in [-0.3, -0.25) is 4.72 Å². The number of hydrogen-bond donors (Lipinski definition) is 1. The van der Waals surface area contributed by atoms with Crippen molar-refractivity contribution in [3.05, 3.63) is 59.4 Å². The van der Waals surface area contributed by atoms with Crippen molar-refractivity contribution in [2.45, 2.75) is 18.2 Å². The minimum atomic E-state index is -4.01. The molecule has 0 saturated heterocycles. The fraction of sp³-hybridized carbons (Fsp3) is 0.133. The van der Waals surface area contributed by atoms with E-state index in [-0.39, 0.29) is 4.90 Å². The van der Waals surface area contributed by atoms with Crippen molar-refractivity contribution in [2.75, 3.05) is 4.72 Å². The van der Waals surface area contributed by atoms with Crippen LogP contribution in [-0.2, 0) is 16.4 Å². The van der Waals surface area contributed by atoms with E-state index < -0.39 is 21.4 Å². The van der Waals surface area contributed by atoms with E-state index in [1.165, 1.54) is 12.1 Å². The maximum absolute atomic E-state index is 13.5.